The molecule has 2 aromatic carbocycles. The van der Waals surface area contributed by atoms with E-state index in [1.165, 1.54) is 26.2 Å². The third-order valence-corrected chi connectivity index (χ3v) is 5.11. The van der Waals surface area contributed by atoms with Crippen LogP contribution in [-0.4, -0.2) is 37.0 Å². The first-order valence-corrected chi connectivity index (χ1v) is 10.5. The molecule has 2 rings (SSSR count). The van der Waals surface area contributed by atoms with Crippen molar-refractivity contribution in [3.8, 4) is 0 Å². The second-order valence-corrected chi connectivity index (χ2v) is 8.82. The van der Waals surface area contributed by atoms with Gasteiger partial charge in [0, 0.05) is 19.8 Å². The number of amides is 2. The minimum Gasteiger partial charge on any atom is -0.467 e. The quantitative estimate of drug-likeness (QED) is 0.616. The van der Waals surface area contributed by atoms with Crippen molar-refractivity contribution in [2.75, 3.05) is 7.11 Å². The lowest BCUT2D eigenvalue weighted by Crippen LogP contribution is -2.53. The van der Waals surface area contributed by atoms with E-state index in [1.54, 1.807) is 12.1 Å². The second kappa shape index (κ2) is 10.9. The Morgan fingerprint density at radius 1 is 0.875 bits per heavy atom. The number of methoxy groups -OCH3 is 1. The number of esters is 1. The van der Waals surface area contributed by atoms with Gasteiger partial charge in [-0.2, -0.15) is 0 Å². The maximum atomic E-state index is 13.2. The number of benzene rings is 2. The van der Waals surface area contributed by atoms with Gasteiger partial charge in [0.1, 0.15) is 17.9 Å². The zero-order valence-corrected chi connectivity index (χ0v) is 19.2. The lowest BCUT2D eigenvalue weighted by atomic mass is 9.86. The van der Waals surface area contributed by atoms with E-state index < -0.39 is 29.8 Å². The molecule has 0 aliphatic carbocycles. The first-order chi connectivity index (χ1) is 15.0. The average molecular weight is 443 g/mol. The van der Waals surface area contributed by atoms with E-state index in [4.69, 9.17) is 4.74 Å². The van der Waals surface area contributed by atoms with Crippen molar-refractivity contribution in [2.45, 2.75) is 58.0 Å². The summed E-state index contributed by atoms with van der Waals surface area (Å²) < 4.78 is 18.1. The standard InChI is InChI=1S/C25H31FN2O4/c1-16(29)27-21(14-18-8-12-20(26)13-9-18)23(30)28-22(24(31)32-5)15-17-6-10-19(11-7-17)25(2,3)4/h6-13,21-22H,14-15H2,1-5H3,(H,27,29)(H,28,30)/t21-,22+/m1/s1. The fourth-order valence-corrected chi connectivity index (χ4v) is 3.30. The molecule has 172 valence electrons. The lowest BCUT2D eigenvalue weighted by Gasteiger charge is -2.23. The summed E-state index contributed by atoms with van der Waals surface area (Å²) in [6.07, 6.45) is 0.395. The second-order valence-electron chi connectivity index (χ2n) is 8.82. The Morgan fingerprint density at radius 2 is 1.38 bits per heavy atom. The Bertz CT molecular complexity index is 934. The molecule has 0 saturated carbocycles. The van der Waals surface area contributed by atoms with Gasteiger partial charge < -0.3 is 15.4 Å². The van der Waals surface area contributed by atoms with Gasteiger partial charge in [0.2, 0.25) is 11.8 Å². The first kappa shape index (κ1) is 25.0. The molecule has 7 heteroatoms. The van der Waals surface area contributed by atoms with Crippen molar-refractivity contribution in [2.24, 2.45) is 0 Å². The van der Waals surface area contributed by atoms with Gasteiger partial charge in [0.15, 0.2) is 0 Å². The summed E-state index contributed by atoms with van der Waals surface area (Å²) in [5.74, 6) is -1.88. The van der Waals surface area contributed by atoms with Crippen molar-refractivity contribution < 1.29 is 23.5 Å². The SMILES string of the molecule is COC(=O)[C@H](Cc1ccc(C(C)(C)C)cc1)NC(=O)[C@@H](Cc1ccc(F)cc1)NC(C)=O. The molecule has 0 aliphatic rings. The smallest absolute Gasteiger partial charge is 0.328 e. The molecule has 0 unspecified atom stereocenters. The zero-order chi connectivity index (χ0) is 23.9. The van der Waals surface area contributed by atoms with E-state index in [1.807, 2.05) is 24.3 Å². The van der Waals surface area contributed by atoms with E-state index >= 15 is 0 Å². The van der Waals surface area contributed by atoms with E-state index in [0.717, 1.165) is 11.1 Å². The molecule has 0 aromatic heterocycles. The normalized spacial score (nSPS) is 13.1. The Balaban J connectivity index is 2.17. The van der Waals surface area contributed by atoms with Crippen LogP contribution in [0.5, 0.6) is 0 Å². The van der Waals surface area contributed by atoms with E-state index in [0.29, 0.717) is 5.56 Å². The van der Waals surface area contributed by atoms with Gasteiger partial charge in [-0.3, -0.25) is 9.59 Å². The molecule has 0 bridgehead atoms. The molecule has 6 nitrogen and oxygen atoms in total. The van der Waals surface area contributed by atoms with Gasteiger partial charge in [-0.1, -0.05) is 57.2 Å². The summed E-state index contributed by atoms with van der Waals surface area (Å²) in [6.45, 7) is 7.65. The number of nitrogens with one attached hydrogen (secondary N) is 2. The summed E-state index contributed by atoms with van der Waals surface area (Å²) in [7, 11) is 1.26. The van der Waals surface area contributed by atoms with Gasteiger partial charge in [-0.15, -0.1) is 0 Å². The molecule has 2 aromatic rings. The number of ether oxygens (including phenoxy) is 1. The van der Waals surface area contributed by atoms with Crippen molar-refractivity contribution in [3.05, 3.63) is 71.0 Å². The molecule has 0 radical (unpaired) electrons. The summed E-state index contributed by atoms with van der Waals surface area (Å²) >= 11 is 0. The zero-order valence-electron chi connectivity index (χ0n) is 19.2. The van der Waals surface area contributed by atoms with Gasteiger partial charge in [-0.25, -0.2) is 9.18 Å². The predicted molar refractivity (Wildman–Crippen MR) is 121 cm³/mol. The molecule has 0 aliphatic heterocycles. The van der Waals surface area contributed by atoms with Crippen LogP contribution in [0, 0.1) is 5.82 Å². The summed E-state index contributed by atoms with van der Waals surface area (Å²) in [6, 6.07) is 11.7. The van der Waals surface area contributed by atoms with Crippen LogP contribution in [0.2, 0.25) is 0 Å². The maximum Gasteiger partial charge on any atom is 0.328 e. The number of carbonyl (C=O) groups excluding carboxylic acids is 3. The third-order valence-electron chi connectivity index (χ3n) is 5.11. The highest BCUT2D eigenvalue weighted by atomic mass is 19.1. The van der Waals surface area contributed by atoms with Gasteiger partial charge in [0.25, 0.3) is 0 Å². The number of halogens is 1. The highest BCUT2D eigenvalue weighted by Crippen LogP contribution is 2.22. The topological polar surface area (TPSA) is 84.5 Å². The molecular formula is C25H31FN2O4. The largest absolute Gasteiger partial charge is 0.467 e. The van der Waals surface area contributed by atoms with Crippen LogP contribution in [0.25, 0.3) is 0 Å². The number of rotatable bonds is 8. The van der Waals surface area contributed by atoms with Crippen LogP contribution >= 0.6 is 0 Å². The van der Waals surface area contributed by atoms with Gasteiger partial charge in [-0.05, 0) is 34.2 Å². The summed E-state index contributed by atoms with van der Waals surface area (Å²) in [5.41, 5.74) is 2.70. The fourth-order valence-electron chi connectivity index (χ4n) is 3.30. The minimum absolute atomic E-state index is 0.000427. The van der Waals surface area contributed by atoms with Crippen LogP contribution in [0.1, 0.15) is 44.4 Å². The third kappa shape index (κ3) is 7.48. The molecule has 32 heavy (non-hydrogen) atoms. The van der Waals surface area contributed by atoms with E-state index in [9.17, 15) is 18.8 Å². The molecule has 0 spiro atoms. The van der Waals surface area contributed by atoms with Crippen LogP contribution in [0.15, 0.2) is 48.5 Å². The molecule has 0 heterocycles. The number of hydrogen-bond donors (Lipinski definition) is 2. The van der Waals surface area contributed by atoms with Crippen LogP contribution in [0.4, 0.5) is 4.39 Å². The average Bonchev–Trinajstić information content (AvgIpc) is 2.73. The van der Waals surface area contributed by atoms with Crippen molar-refractivity contribution in [3.63, 3.8) is 0 Å². The first-order valence-electron chi connectivity index (χ1n) is 10.5. The Kier molecular flexibility index (Phi) is 8.52. The molecule has 2 amide bonds. The Hall–Kier alpha value is -3.22. The maximum absolute atomic E-state index is 13.2. The van der Waals surface area contributed by atoms with E-state index in [-0.39, 0.29) is 24.2 Å². The molecule has 0 fully saturated rings. The number of carbonyl (C=O) groups is 3. The van der Waals surface area contributed by atoms with Gasteiger partial charge in [0.05, 0.1) is 7.11 Å². The van der Waals surface area contributed by atoms with Crippen molar-refractivity contribution in [1.82, 2.24) is 10.6 Å². The highest BCUT2D eigenvalue weighted by Gasteiger charge is 2.27. The Morgan fingerprint density at radius 3 is 1.84 bits per heavy atom. The molecule has 2 atom stereocenters. The van der Waals surface area contributed by atoms with Gasteiger partial charge >= 0.3 is 5.97 Å². The minimum atomic E-state index is -0.923. The van der Waals surface area contributed by atoms with Crippen LogP contribution in [-0.2, 0) is 37.4 Å². The Labute approximate surface area is 188 Å². The molecule has 0 saturated heterocycles. The monoisotopic (exact) mass is 442 g/mol. The fraction of sp³-hybridized carbons (Fsp3) is 0.400. The van der Waals surface area contributed by atoms with Crippen molar-refractivity contribution in [1.29, 1.82) is 0 Å². The highest BCUT2D eigenvalue weighted by molar-refractivity contribution is 5.90. The summed E-state index contributed by atoms with van der Waals surface area (Å²) in [5, 5.41) is 5.29. The van der Waals surface area contributed by atoms with E-state index in [2.05, 4.69) is 31.4 Å². The molecule has 2 N–H and O–H groups in total. The summed E-state index contributed by atoms with van der Waals surface area (Å²) in [4.78, 5) is 36.9. The predicted octanol–water partition coefficient (Wildman–Crippen LogP) is 3.07. The van der Waals surface area contributed by atoms with Crippen LogP contribution in [0.3, 0.4) is 0 Å². The number of hydrogen-bond acceptors (Lipinski definition) is 4. The van der Waals surface area contributed by atoms with Crippen LogP contribution < -0.4 is 10.6 Å². The lowest BCUT2D eigenvalue weighted by molar-refractivity contribution is -0.145. The molecular weight excluding hydrogens is 411 g/mol. The van der Waals surface area contributed by atoms with Crippen molar-refractivity contribution >= 4 is 17.8 Å².